The zero-order valence-electron chi connectivity index (χ0n) is 16.1. The Bertz CT molecular complexity index is 738. The van der Waals surface area contributed by atoms with Crippen molar-refractivity contribution in [2.45, 2.75) is 64.7 Å². The molecule has 0 aliphatic carbocycles. The van der Waals surface area contributed by atoms with Crippen LogP contribution in [-0.4, -0.2) is 21.1 Å². The van der Waals surface area contributed by atoms with Gasteiger partial charge in [0.15, 0.2) is 17.3 Å². The molecule has 0 spiro atoms. The fraction of sp³-hybridized carbons (Fsp3) is 0.435. The number of unbranched alkanes of at least 4 members (excludes halogenated alkanes) is 7. The van der Waals surface area contributed by atoms with Gasteiger partial charge in [-0.15, -0.1) is 0 Å². The van der Waals surface area contributed by atoms with Crippen LogP contribution in [0.1, 0.15) is 79.8 Å². The number of carbonyl (C=O) groups excluding carboxylic acids is 1. The third-order valence-corrected chi connectivity index (χ3v) is 4.92. The van der Waals surface area contributed by atoms with E-state index in [1.807, 2.05) is 6.07 Å². The van der Waals surface area contributed by atoms with Crippen molar-refractivity contribution in [1.82, 2.24) is 0 Å². The Balaban J connectivity index is 2.06. The molecule has 0 unspecified atom stereocenters. The second kappa shape index (κ2) is 10.6. The summed E-state index contributed by atoms with van der Waals surface area (Å²) in [4.78, 5) is 12.8. The van der Waals surface area contributed by atoms with Gasteiger partial charge in [0.05, 0.1) is 0 Å². The molecule has 27 heavy (non-hydrogen) atoms. The van der Waals surface area contributed by atoms with Crippen molar-refractivity contribution < 1.29 is 20.1 Å². The van der Waals surface area contributed by atoms with Gasteiger partial charge in [-0.25, -0.2) is 0 Å². The summed E-state index contributed by atoms with van der Waals surface area (Å²) in [6.07, 6.45) is 9.68. The van der Waals surface area contributed by atoms with Crippen molar-refractivity contribution in [3.05, 3.63) is 53.1 Å². The summed E-state index contributed by atoms with van der Waals surface area (Å²) in [5, 5.41) is 30.0. The second-order valence-electron chi connectivity index (χ2n) is 7.04. The maximum atomic E-state index is 12.8. The molecule has 146 valence electrons. The van der Waals surface area contributed by atoms with Gasteiger partial charge in [0.1, 0.15) is 0 Å². The number of hydrogen-bond acceptors (Lipinski definition) is 4. The molecule has 0 radical (unpaired) electrons. The van der Waals surface area contributed by atoms with Crippen molar-refractivity contribution in [3.63, 3.8) is 0 Å². The topological polar surface area (TPSA) is 77.8 Å². The molecule has 0 heterocycles. The summed E-state index contributed by atoms with van der Waals surface area (Å²) in [6.45, 7) is 2.20. The van der Waals surface area contributed by atoms with Crippen LogP contribution < -0.4 is 0 Å². The Morgan fingerprint density at radius 2 is 1.41 bits per heavy atom. The van der Waals surface area contributed by atoms with Gasteiger partial charge < -0.3 is 15.3 Å². The molecule has 2 rings (SSSR count). The molecule has 2 aromatic rings. The van der Waals surface area contributed by atoms with Crippen LogP contribution in [0.5, 0.6) is 17.2 Å². The van der Waals surface area contributed by atoms with Gasteiger partial charge in [-0.2, -0.15) is 0 Å². The van der Waals surface area contributed by atoms with Crippen molar-refractivity contribution in [1.29, 1.82) is 0 Å². The van der Waals surface area contributed by atoms with Crippen molar-refractivity contribution in [2.24, 2.45) is 0 Å². The lowest BCUT2D eigenvalue weighted by atomic mass is 9.93. The lowest BCUT2D eigenvalue weighted by molar-refractivity contribution is 0.103. The van der Waals surface area contributed by atoms with Gasteiger partial charge in [0, 0.05) is 16.7 Å². The van der Waals surface area contributed by atoms with Crippen LogP contribution in [0.25, 0.3) is 0 Å². The summed E-state index contributed by atoms with van der Waals surface area (Å²) in [7, 11) is 0. The lowest BCUT2D eigenvalue weighted by Gasteiger charge is -2.13. The van der Waals surface area contributed by atoms with E-state index in [1.54, 1.807) is 24.3 Å². The van der Waals surface area contributed by atoms with Crippen molar-refractivity contribution in [3.8, 4) is 17.2 Å². The van der Waals surface area contributed by atoms with E-state index in [1.165, 1.54) is 38.2 Å². The standard InChI is InChI=1S/C23H30O4/c1-2-3-4-5-6-7-8-12-15-18-19(16-20(24)23(27)22(18)26)21(25)17-13-10-9-11-14-17/h9-11,13-14,16,24,26-27H,2-8,12,15H2,1H3. The Kier molecular flexibility index (Phi) is 8.18. The SMILES string of the molecule is CCCCCCCCCCc1c(C(=O)c2ccccc2)cc(O)c(O)c1O. The summed E-state index contributed by atoms with van der Waals surface area (Å²) >= 11 is 0. The largest absolute Gasteiger partial charge is 0.504 e. The Labute approximate surface area is 161 Å². The number of carbonyl (C=O) groups is 1. The molecule has 0 bridgehead atoms. The van der Waals surface area contributed by atoms with Crippen molar-refractivity contribution in [2.75, 3.05) is 0 Å². The molecule has 0 amide bonds. The number of rotatable bonds is 11. The Morgan fingerprint density at radius 3 is 2.04 bits per heavy atom. The third-order valence-electron chi connectivity index (χ3n) is 4.92. The number of phenolic OH excluding ortho intramolecular Hbond substituents is 3. The van der Waals surface area contributed by atoms with Gasteiger partial charge in [0.25, 0.3) is 0 Å². The number of aromatic hydroxyl groups is 3. The lowest BCUT2D eigenvalue weighted by Crippen LogP contribution is -2.06. The fourth-order valence-electron chi connectivity index (χ4n) is 3.32. The first-order chi connectivity index (χ1) is 13.1. The van der Waals surface area contributed by atoms with E-state index >= 15 is 0 Å². The van der Waals surface area contributed by atoms with E-state index < -0.39 is 17.2 Å². The molecule has 0 atom stereocenters. The first-order valence-electron chi connectivity index (χ1n) is 9.92. The van der Waals surface area contributed by atoms with E-state index in [2.05, 4.69) is 6.92 Å². The van der Waals surface area contributed by atoms with E-state index in [9.17, 15) is 20.1 Å². The van der Waals surface area contributed by atoms with Gasteiger partial charge in [0.2, 0.25) is 5.75 Å². The minimum Gasteiger partial charge on any atom is -0.504 e. The maximum Gasteiger partial charge on any atom is 0.200 e. The number of ketones is 1. The van der Waals surface area contributed by atoms with E-state index in [4.69, 9.17) is 0 Å². The highest BCUT2D eigenvalue weighted by atomic mass is 16.3. The zero-order valence-corrected chi connectivity index (χ0v) is 16.1. The molecular weight excluding hydrogens is 340 g/mol. The zero-order chi connectivity index (χ0) is 19.6. The first kappa shape index (κ1) is 20.8. The first-order valence-corrected chi connectivity index (χ1v) is 9.92. The highest BCUT2D eigenvalue weighted by Crippen LogP contribution is 2.41. The van der Waals surface area contributed by atoms with E-state index in [0.29, 0.717) is 17.5 Å². The molecule has 3 N–H and O–H groups in total. The van der Waals surface area contributed by atoms with E-state index in [0.717, 1.165) is 19.3 Å². The van der Waals surface area contributed by atoms with Gasteiger partial charge >= 0.3 is 0 Å². The molecular formula is C23H30O4. The highest BCUT2D eigenvalue weighted by molar-refractivity contribution is 6.10. The Morgan fingerprint density at radius 1 is 0.815 bits per heavy atom. The number of hydrogen-bond donors (Lipinski definition) is 3. The maximum absolute atomic E-state index is 12.8. The average molecular weight is 370 g/mol. The molecule has 0 saturated carbocycles. The Hall–Kier alpha value is -2.49. The minimum atomic E-state index is -0.561. The van der Waals surface area contributed by atoms with E-state index in [-0.39, 0.29) is 11.3 Å². The van der Waals surface area contributed by atoms with Crippen LogP contribution in [0.2, 0.25) is 0 Å². The summed E-state index contributed by atoms with van der Waals surface area (Å²) < 4.78 is 0. The smallest absolute Gasteiger partial charge is 0.200 e. The predicted octanol–water partition coefficient (Wildman–Crippen LogP) is 5.72. The molecule has 4 heteroatoms. The van der Waals surface area contributed by atoms with Gasteiger partial charge in [-0.3, -0.25) is 4.79 Å². The van der Waals surface area contributed by atoms with Gasteiger partial charge in [-0.1, -0.05) is 82.2 Å². The van der Waals surface area contributed by atoms with Crippen molar-refractivity contribution >= 4 is 5.78 Å². The molecule has 0 saturated heterocycles. The minimum absolute atomic E-state index is 0.247. The average Bonchev–Trinajstić information content (AvgIpc) is 2.69. The highest BCUT2D eigenvalue weighted by Gasteiger charge is 2.21. The summed E-state index contributed by atoms with van der Waals surface area (Å²) in [5.41, 5.74) is 1.14. The second-order valence-corrected chi connectivity index (χ2v) is 7.04. The molecule has 2 aromatic carbocycles. The van der Waals surface area contributed by atoms with Crippen LogP contribution in [0.15, 0.2) is 36.4 Å². The molecule has 0 aliphatic rings. The molecule has 0 aromatic heterocycles. The quantitative estimate of drug-likeness (QED) is 0.269. The summed E-state index contributed by atoms with van der Waals surface area (Å²) in [6, 6.07) is 10.0. The summed E-state index contributed by atoms with van der Waals surface area (Å²) in [5.74, 6) is -1.70. The third kappa shape index (κ3) is 5.75. The number of benzene rings is 2. The number of phenols is 3. The molecule has 4 nitrogen and oxygen atoms in total. The van der Waals surface area contributed by atoms with Crippen LogP contribution in [0.3, 0.4) is 0 Å². The predicted molar refractivity (Wildman–Crippen MR) is 108 cm³/mol. The fourth-order valence-corrected chi connectivity index (χ4v) is 3.32. The van der Waals surface area contributed by atoms with Crippen LogP contribution in [-0.2, 0) is 6.42 Å². The van der Waals surface area contributed by atoms with Crippen LogP contribution >= 0.6 is 0 Å². The molecule has 0 aliphatic heterocycles. The van der Waals surface area contributed by atoms with Crippen LogP contribution in [0, 0.1) is 0 Å². The van der Waals surface area contributed by atoms with Crippen LogP contribution in [0.4, 0.5) is 0 Å². The monoisotopic (exact) mass is 370 g/mol. The van der Waals surface area contributed by atoms with Gasteiger partial charge in [-0.05, 0) is 18.9 Å². The normalized spacial score (nSPS) is 10.9. The molecule has 0 fully saturated rings.